The molecule has 4 aliphatic rings. The van der Waals surface area contributed by atoms with E-state index in [4.69, 9.17) is 5.73 Å². The van der Waals surface area contributed by atoms with Crippen molar-refractivity contribution < 1.29 is 0 Å². The van der Waals surface area contributed by atoms with Crippen LogP contribution in [-0.4, -0.2) is 6.54 Å². The van der Waals surface area contributed by atoms with Crippen LogP contribution in [0, 0.1) is 46.3 Å². The van der Waals surface area contributed by atoms with Crippen LogP contribution in [0.5, 0.6) is 0 Å². The SMILES string of the molecule is C[C@H](CCCN)C1CCC2C3CCC4CCCCC4(C)C3CCC21C. The molecule has 4 saturated carbocycles. The Labute approximate surface area is 156 Å². The largest absolute Gasteiger partial charge is 0.330 e. The van der Waals surface area contributed by atoms with E-state index in [0.717, 1.165) is 42.1 Å². The van der Waals surface area contributed by atoms with E-state index in [-0.39, 0.29) is 0 Å². The van der Waals surface area contributed by atoms with Crippen molar-refractivity contribution in [2.45, 2.75) is 97.8 Å². The van der Waals surface area contributed by atoms with Gasteiger partial charge in [0.2, 0.25) is 0 Å². The minimum atomic E-state index is 0.646. The number of fused-ring (bicyclic) bond motifs is 5. The van der Waals surface area contributed by atoms with Crippen molar-refractivity contribution in [1.82, 2.24) is 0 Å². The zero-order chi connectivity index (χ0) is 17.7. The first-order valence-corrected chi connectivity index (χ1v) is 11.7. The van der Waals surface area contributed by atoms with Gasteiger partial charge in [0.05, 0.1) is 0 Å². The summed E-state index contributed by atoms with van der Waals surface area (Å²) >= 11 is 0. The van der Waals surface area contributed by atoms with E-state index in [9.17, 15) is 0 Å². The molecule has 0 spiro atoms. The molecule has 7 unspecified atom stereocenters. The highest BCUT2D eigenvalue weighted by atomic mass is 14.6. The van der Waals surface area contributed by atoms with E-state index in [2.05, 4.69) is 20.8 Å². The molecule has 0 amide bonds. The fourth-order valence-electron chi connectivity index (χ4n) is 8.91. The molecule has 0 radical (unpaired) electrons. The monoisotopic (exact) mass is 345 g/mol. The smallest absolute Gasteiger partial charge is 0.00772 e. The van der Waals surface area contributed by atoms with E-state index < -0.39 is 0 Å². The van der Waals surface area contributed by atoms with Gasteiger partial charge >= 0.3 is 0 Å². The van der Waals surface area contributed by atoms with Crippen molar-refractivity contribution in [1.29, 1.82) is 0 Å². The Bertz CT molecular complexity index is 473. The van der Waals surface area contributed by atoms with E-state index in [1.54, 1.807) is 32.1 Å². The molecule has 8 atom stereocenters. The van der Waals surface area contributed by atoms with Crippen LogP contribution in [0.4, 0.5) is 0 Å². The molecule has 0 aromatic heterocycles. The molecule has 0 bridgehead atoms. The Hall–Kier alpha value is -0.0400. The molecule has 1 heteroatoms. The van der Waals surface area contributed by atoms with Crippen LogP contribution in [0.25, 0.3) is 0 Å². The third-order valence-corrected chi connectivity index (χ3v) is 10.2. The lowest BCUT2D eigenvalue weighted by Gasteiger charge is -2.61. The minimum absolute atomic E-state index is 0.646. The first-order chi connectivity index (χ1) is 12.0. The van der Waals surface area contributed by atoms with Crippen LogP contribution in [0.1, 0.15) is 97.8 Å². The fourth-order valence-corrected chi connectivity index (χ4v) is 8.91. The Balaban J connectivity index is 1.53. The summed E-state index contributed by atoms with van der Waals surface area (Å²) in [4.78, 5) is 0. The lowest BCUT2D eigenvalue weighted by molar-refractivity contribution is -0.114. The van der Waals surface area contributed by atoms with E-state index in [1.807, 2.05) is 0 Å². The molecule has 2 N–H and O–H groups in total. The first kappa shape index (κ1) is 18.3. The molecule has 1 nitrogen and oxygen atoms in total. The maximum Gasteiger partial charge on any atom is -0.00772 e. The topological polar surface area (TPSA) is 26.0 Å². The zero-order valence-electron chi connectivity index (χ0n) is 17.2. The van der Waals surface area contributed by atoms with Gasteiger partial charge in [-0.2, -0.15) is 0 Å². The molecule has 4 fully saturated rings. The molecule has 0 saturated heterocycles. The lowest BCUT2D eigenvalue weighted by atomic mass is 9.44. The van der Waals surface area contributed by atoms with Gasteiger partial charge in [-0.25, -0.2) is 0 Å². The average Bonchev–Trinajstić information content (AvgIpc) is 2.96. The average molecular weight is 346 g/mol. The van der Waals surface area contributed by atoms with Crippen molar-refractivity contribution in [3.63, 3.8) is 0 Å². The fraction of sp³-hybridized carbons (Fsp3) is 1.00. The first-order valence-electron chi connectivity index (χ1n) is 11.7. The molecule has 0 aliphatic heterocycles. The summed E-state index contributed by atoms with van der Waals surface area (Å²) in [7, 11) is 0. The van der Waals surface area contributed by atoms with Crippen molar-refractivity contribution in [3.05, 3.63) is 0 Å². The highest BCUT2D eigenvalue weighted by molar-refractivity contribution is 5.09. The summed E-state index contributed by atoms with van der Waals surface area (Å²) in [6, 6.07) is 0. The predicted octanol–water partition coefficient (Wildman–Crippen LogP) is 6.41. The Kier molecular flexibility index (Phi) is 5.02. The zero-order valence-corrected chi connectivity index (χ0v) is 17.2. The van der Waals surface area contributed by atoms with Crippen LogP contribution in [0.3, 0.4) is 0 Å². The standard InChI is InChI=1S/C24H43N/c1-17(7-6-16-25)20-11-12-21-19-10-9-18-8-4-5-14-23(18,2)22(19)13-15-24(20,21)3/h17-22H,4-16,25H2,1-3H3/t17-,18?,19?,20?,21?,22?,23?,24?/m1/s1. The van der Waals surface area contributed by atoms with Gasteiger partial charge in [0.25, 0.3) is 0 Å². The second kappa shape index (κ2) is 6.84. The second-order valence-corrected chi connectivity index (χ2v) is 11.0. The van der Waals surface area contributed by atoms with Crippen molar-refractivity contribution in [2.75, 3.05) is 6.54 Å². The molecule has 144 valence electrons. The molecular formula is C24H43N. The molecule has 25 heavy (non-hydrogen) atoms. The third kappa shape index (κ3) is 2.82. The molecule has 4 aliphatic carbocycles. The van der Waals surface area contributed by atoms with Crippen LogP contribution >= 0.6 is 0 Å². The van der Waals surface area contributed by atoms with Gasteiger partial charge in [-0.15, -0.1) is 0 Å². The number of hydrogen-bond acceptors (Lipinski definition) is 1. The van der Waals surface area contributed by atoms with Crippen LogP contribution in [0.2, 0.25) is 0 Å². The quantitative estimate of drug-likeness (QED) is 0.626. The van der Waals surface area contributed by atoms with Gasteiger partial charge in [-0.05, 0) is 117 Å². The van der Waals surface area contributed by atoms with E-state index in [0.29, 0.717) is 10.8 Å². The number of hydrogen-bond donors (Lipinski definition) is 1. The minimum Gasteiger partial charge on any atom is -0.330 e. The summed E-state index contributed by atoms with van der Waals surface area (Å²) < 4.78 is 0. The Morgan fingerprint density at radius 2 is 1.68 bits per heavy atom. The summed E-state index contributed by atoms with van der Waals surface area (Å²) in [6.45, 7) is 8.84. The van der Waals surface area contributed by atoms with Crippen LogP contribution in [0.15, 0.2) is 0 Å². The summed E-state index contributed by atoms with van der Waals surface area (Å²) in [5.41, 5.74) is 7.15. The number of nitrogens with two attached hydrogens (primary N) is 1. The highest BCUT2D eigenvalue weighted by Crippen LogP contribution is 2.68. The van der Waals surface area contributed by atoms with Crippen molar-refractivity contribution in [2.24, 2.45) is 52.1 Å². The van der Waals surface area contributed by atoms with Gasteiger partial charge in [0.1, 0.15) is 0 Å². The van der Waals surface area contributed by atoms with Crippen molar-refractivity contribution >= 4 is 0 Å². The molecule has 4 rings (SSSR count). The van der Waals surface area contributed by atoms with Gasteiger partial charge < -0.3 is 5.73 Å². The summed E-state index contributed by atoms with van der Waals surface area (Å²) in [5, 5.41) is 0. The maximum absolute atomic E-state index is 5.80. The number of rotatable bonds is 4. The van der Waals surface area contributed by atoms with E-state index in [1.165, 1.54) is 44.9 Å². The molecular weight excluding hydrogens is 302 g/mol. The Morgan fingerprint density at radius 1 is 0.880 bits per heavy atom. The van der Waals surface area contributed by atoms with Crippen molar-refractivity contribution in [3.8, 4) is 0 Å². The maximum atomic E-state index is 5.80. The van der Waals surface area contributed by atoms with Gasteiger partial charge in [-0.1, -0.05) is 33.6 Å². The van der Waals surface area contributed by atoms with Crippen LogP contribution in [-0.2, 0) is 0 Å². The highest BCUT2D eigenvalue weighted by Gasteiger charge is 2.59. The predicted molar refractivity (Wildman–Crippen MR) is 107 cm³/mol. The van der Waals surface area contributed by atoms with Crippen LogP contribution < -0.4 is 5.73 Å². The van der Waals surface area contributed by atoms with Gasteiger partial charge in [0, 0.05) is 0 Å². The van der Waals surface area contributed by atoms with Gasteiger partial charge in [-0.3, -0.25) is 0 Å². The summed E-state index contributed by atoms with van der Waals surface area (Å²) in [6.07, 6.45) is 17.9. The summed E-state index contributed by atoms with van der Waals surface area (Å²) in [5.74, 6) is 6.08. The lowest BCUT2D eigenvalue weighted by Crippen LogP contribution is -2.53. The molecule has 0 aromatic rings. The Morgan fingerprint density at radius 3 is 2.48 bits per heavy atom. The van der Waals surface area contributed by atoms with E-state index >= 15 is 0 Å². The second-order valence-electron chi connectivity index (χ2n) is 11.0. The van der Waals surface area contributed by atoms with Gasteiger partial charge in [0.15, 0.2) is 0 Å². The molecule has 0 aromatic carbocycles. The molecule has 0 heterocycles. The normalized spacial score (nSPS) is 50.6. The third-order valence-electron chi connectivity index (χ3n) is 10.2.